The minimum atomic E-state index is 0.385. The Morgan fingerprint density at radius 2 is 1.88 bits per heavy atom. The van der Waals surface area contributed by atoms with Crippen molar-refractivity contribution in [3.63, 3.8) is 0 Å². The molecule has 2 aromatic carbocycles. The van der Waals surface area contributed by atoms with E-state index in [9.17, 15) is 0 Å². The van der Waals surface area contributed by atoms with E-state index in [2.05, 4.69) is 51.3 Å². The van der Waals surface area contributed by atoms with E-state index < -0.39 is 0 Å². The number of ether oxygens (including phenoxy) is 1. The zero-order chi connectivity index (χ0) is 17.9. The first-order chi connectivity index (χ1) is 12.7. The van der Waals surface area contributed by atoms with Gasteiger partial charge in [-0.15, -0.1) is 0 Å². The second-order valence-corrected chi connectivity index (χ2v) is 6.81. The summed E-state index contributed by atoms with van der Waals surface area (Å²) < 4.78 is 10.2. The molecule has 1 aliphatic heterocycles. The lowest BCUT2D eigenvalue weighted by atomic mass is 10.1. The Hall–Kier alpha value is -2.44. The van der Waals surface area contributed by atoms with Crippen LogP contribution in [0.4, 0.5) is 0 Å². The van der Waals surface area contributed by atoms with Crippen molar-refractivity contribution in [2.45, 2.75) is 19.5 Å². The second-order valence-electron chi connectivity index (χ2n) is 6.81. The van der Waals surface area contributed by atoms with Gasteiger partial charge in [0.2, 0.25) is 0 Å². The highest BCUT2D eigenvalue weighted by molar-refractivity contribution is 5.76. The summed E-state index contributed by atoms with van der Waals surface area (Å²) >= 11 is 0. The number of aromatic nitrogens is 2. The van der Waals surface area contributed by atoms with Gasteiger partial charge in [-0.25, -0.2) is 4.63 Å². The number of fused-ring (bicyclic) bond motifs is 1. The minimum Gasteiger partial charge on any atom is -0.497 e. The number of piperazine rings is 1. The summed E-state index contributed by atoms with van der Waals surface area (Å²) in [6, 6.07) is 14.8. The summed E-state index contributed by atoms with van der Waals surface area (Å²) in [5, 5.41) is 7.98. The van der Waals surface area contributed by atoms with Crippen LogP contribution in [0, 0.1) is 0 Å². The van der Waals surface area contributed by atoms with Gasteiger partial charge < -0.3 is 4.74 Å². The summed E-state index contributed by atoms with van der Waals surface area (Å²) in [7, 11) is 1.72. The Morgan fingerprint density at radius 1 is 1.08 bits per heavy atom. The highest BCUT2D eigenvalue weighted by atomic mass is 16.6. The van der Waals surface area contributed by atoms with Crippen molar-refractivity contribution in [1.29, 1.82) is 0 Å². The molecule has 0 amide bonds. The first-order valence-corrected chi connectivity index (χ1v) is 9.05. The Morgan fingerprint density at radius 3 is 2.69 bits per heavy atom. The Kier molecular flexibility index (Phi) is 4.86. The van der Waals surface area contributed by atoms with Gasteiger partial charge in [0.15, 0.2) is 0 Å². The van der Waals surface area contributed by atoms with E-state index in [1.165, 1.54) is 11.1 Å². The molecule has 6 nitrogen and oxygen atoms in total. The molecule has 1 atom stereocenters. The molecular weight excluding hydrogens is 328 g/mol. The van der Waals surface area contributed by atoms with Crippen LogP contribution in [-0.2, 0) is 6.54 Å². The minimum absolute atomic E-state index is 0.385. The number of methoxy groups -OCH3 is 1. The van der Waals surface area contributed by atoms with Gasteiger partial charge in [-0.2, -0.15) is 0 Å². The van der Waals surface area contributed by atoms with Crippen molar-refractivity contribution in [1.82, 2.24) is 20.1 Å². The first kappa shape index (κ1) is 17.0. The lowest BCUT2D eigenvalue weighted by Gasteiger charge is -2.38. The van der Waals surface area contributed by atoms with Gasteiger partial charge in [-0.3, -0.25) is 9.80 Å². The second kappa shape index (κ2) is 7.43. The molecule has 0 spiro atoms. The van der Waals surface area contributed by atoms with Crippen molar-refractivity contribution in [3.8, 4) is 5.75 Å². The molecule has 136 valence electrons. The van der Waals surface area contributed by atoms with Crippen LogP contribution in [0.2, 0.25) is 0 Å². The molecule has 1 fully saturated rings. The molecule has 1 aromatic heterocycles. The molecule has 2 heterocycles. The normalized spacial score (nSPS) is 17.5. The Balaban J connectivity index is 1.38. The van der Waals surface area contributed by atoms with Crippen LogP contribution >= 0.6 is 0 Å². The van der Waals surface area contributed by atoms with E-state index in [0.29, 0.717) is 6.04 Å². The fourth-order valence-corrected chi connectivity index (χ4v) is 3.65. The number of benzene rings is 2. The zero-order valence-corrected chi connectivity index (χ0v) is 15.3. The predicted octanol–water partition coefficient (Wildman–Crippen LogP) is 3.11. The van der Waals surface area contributed by atoms with Gasteiger partial charge in [0, 0.05) is 38.8 Å². The lowest BCUT2D eigenvalue weighted by molar-refractivity contribution is 0.0979. The number of nitrogens with zero attached hydrogens (tertiary/aromatic N) is 4. The summed E-state index contributed by atoms with van der Waals surface area (Å²) in [4.78, 5) is 5.00. The van der Waals surface area contributed by atoms with Gasteiger partial charge >= 0.3 is 0 Å². The molecule has 1 saturated heterocycles. The average molecular weight is 352 g/mol. The molecule has 3 aromatic rings. The molecule has 0 saturated carbocycles. The van der Waals surface area contributed by atoms with Crippen LogP contribution in [0.3, 0.4) is 0 Å². The van der Waals surface area contributed by atoms with Crippen LogP contribution in [0.5, 0.6) is 5.75 Å². The fourth-order valence-electron chi connectivity index (χ4n) is 3.65. The van der Waals surface area contributed by atoms with E-state index >= 15 is 0 Å². The Bertz CT molecular complexity index is 871. The van der Waals surface area contributed by atoms with Crippen molar-refractivity contribution >= 4 is 11.0 Å². The maximum Gasteiger partial charge on any atom is 0.139 e. The third kappa shape index (κ3) is 3.43. The summed E-state index contributed by atoms with van der Waals surface area (Å²) in [5.74, 6) is 0.919. The van der Waals surface area contributed by atoms with Crippen LogP contribution in [0.1, 0.15) is 24.1 Å². The standard InChI is InChI=1S/C20H24N4O2/c1-15(16-5-3-7-18(13-16)25-2)24-11-9-23(10-12-24)14-17-6-4-8-19-20(17)22-26-21-19/h3-8,13,15H,9-12,14H2,1-2H3/t15-/m0/s1. The molecule has 0 aliphatic carbocycles. The summed E-state index contributed by atoms with van der Waals surface area (Å²) in [6.07, 6.45) is 0. The van der Waals surface area contributed by atoms with Crippen molar-refractivity contribution in [2.24, 2.45) is 0 Å². The molecular formula is C20H24N4O2. The van der Waals surface area contributed by atoms with Gasteiger partial charge in [0.05, 0.1) is 7.11 Å². The lowest BCUT2D eigenvalue weighted by Crippen LogP contribution is -2.46. The van der Waals surface area contributed by atoms with Gasteiger partial charge in [-0.05, 0) is 46.6 Å². The van der Waals surface area contributed by atoms with Gasteiger partial charge in [0.1, 0.15) is 16.8 Å². The zero-order valence-electron chi connectivity index (χ0n) is 15.3. The van der Waals surface area contributed by atoms with E-state index in [4.69, 9.17) is 9.37 Å². The SMILES string of the molecule is COc1cccc([C@H](C)N2CCN(Cc3cccc4nonc34)CC2)c1. The van der Waals surface area contributed by atoms with Crippen LogP contribution < -0.4 is 4.74 Å². The molecule has 26 heavy (non-hydrogen) atoms. The third-order valence-corrected chi connectivity index (χ3v) is 5.29. The van der Waals surface area contributed by atoms with Gasteiger partial charge in [-0.1, -0.05) is 24.3 Å². The summed E-state index contributed by atoms with van der Waals surface area (Å²) in [5.41, 5.74) is 4.18. The molecule has 0 bridgehead atoms. The highest BCUT2D eigenvalue weighted by Gasteiger charge is 2.23. The smallest absolute Gasteiger partial charge is 0.139 e. The van der Waals surface area contributed by atoms with Crippen LogP contribution in [-0.4, -0.2) is 53.4 Å². The van der Waals surface area contributed by atoms with Crippen molar-refractivity contribution in [3.05, 3.63) is 53.6 Å². The molecule has 0 N–H and O–H groups in total. The van der Waals surface area contributed by atoms with Crippen LogP contribution in [0.25, 0.3) is 11.0 Å². The number of hydrogen-bond donors (Lipinski definition) is 0. The third-order valence-electron chi connectivity index (χ3n) is 5.29. The number of hydrogen-bond acceptors (Lipinski definition) is 6. The van der Waals surface area contributed by atoms with Crippen molar-refractivity contribution in [2.75, 3.05) is 33.3 Å². The molecule has 6 heteroatoms. The van der Waals surface area contributed by atoms with E-state index in [0.717, 1.165) is 49.5 Å². The molecule has 4 rings (SSSR count). The van der Waals surface area contributed by atoms with Crippen LogP contribution in [0.15, 0.2) is 47.1 Å². The predicted molar refractivity (Wildman–Crippen MR) is 100 cm³/mol. The van der Waals surface area contributed by atoms with E-state index in [-0.39, 0.29) is 0 Å². The highest BCUT2D eigenvalue weighted by Crippen LogP contribution is 2.25. The Labute approximate surface area is 153 Å². The maximum atomic E-state index is 5.36. The van der Waals surface area contributed by atoms with Gasteiger partial charge in [0.25, 0.3) is 0 Å². The average Bonchev–Trinajstić information content (AvgIpc) is 3.18. The monoisotopic (exact) mass is 352 g/mol. The van der Waals surface area contributed by atoms with E-state index in [1.54, 1.807) is 7.11 Å². The van der Waals surface area contributed by atoms with E-state index in [1.807, 2.05) is 18.2 Å². The quantitative estimate of drug-likeness (QED) is 0.703. The molecule has 1 aliphatic rings. The fraction of sp³-hybridized carbons (Fsp3) is 0.400. The number of rotatable bonds is 5. The molecule has 0 radical (unpaired) electrons. The summed E-state index contributed by atoms with van der Waals surface area (Å²) in [6.45, 7) is 7.32. The molecule has 0 unspecified atom stereocenters. The maximum absolute atomic E-state index is 5.36. The largest absolute Gasteiger partial charge is 0.497 e. The first-order valence-electron chi connectivity index (χ1n) is 9.05. The topological polar surface area (TPSA) is 54.6 Å². The van der Waals surface area contributed by atoms with Crippen molar-refractivity contribution < 1.29 is 9.37 Å².